The fraction of sp³-hybridized carbons (Fsp3) is 0.917. The Labute approximate surface area is 103 Å². The molecule has 1 heterocycles. The molecular formula is C12H24N2O3. The Kier molecular flexibility index (Phi) is 5.88. The molecule has 0 aromatic heterocycles. The second-order valence-corrected chi connectivity index (χ2v) is 4.71. The second kappa shape index (κ2) is 6.93. The highest BCUT2D eigenvalue weighted by Crippen LogP contribution is 2.16. The Balaban J connectivity index is 2.35. The van der Waals surface area contributed by atoms with Gasteiger partial charge in [0.15, 0.2) is 0 Å². The molecule has 100 valence electrons. The molecule has 1 amide bonds. The van der Waals surface area contributed by atoms with Crippen molar-refractivity contribution in [3.63, 3.8) is 0 Å². The van der Waals surface area contributed by atoms with Gasteiger partial charge in [-0.05, 0) is 12.8 Å². The van der Waals surface area contributed by atoms with Crippen molar-refractivity contribution in [3.05, 3.63) is 0 Å². The van der Waals surface area contributed by atoms with Gasteiger partial charge < -0.3 is 14.4 Å². The molecule has 1 rings (SSSR count). The highest BCUT2D eigenvalue weighted by Gasteiger charge is 2.37. The number of ether oxygens (including phenoxy) is 2. The van der Waals surface area contributed by atoms with Crippen molar-refractivity contribution >= 4 is 5.91 Å². The zero-order valence-electron chi connectivity index (χ0n) is 11.2. The Morgan fingerprint density at radius 2 is 2.06 bits per heavy atom. The molecule has 17 heavy (non-hydrogen) atoms. The number of carbonyl (C=O) groups excluding carboxylic acids is 1. The summed E-state index contributed by atoms with van der Waals surface area (Å²) in [6.07, 6.45) is 0.128. The monoisotopic (exact) mass is 244 g/mol. The lowest BCUT2D eigenvalue weighted by Crippen LogP contribution is -2.43. The summed E-state index contributed by atoms with van der Waals surface area (Å²) in [5.41, 5.74) is 0. The molecule has 0 saturated carbocycles. The van der Waals surface area contributed by atoms with Crippen LogP contribution in [0.3, 0.4) is 0 Å². The molecule has 5 nitrogen and oxygen atoms in total. The standard InChI is InChI=1S/C12H24N2O3/c1-9(2)11-13-10(3)12(15)14(11)5-6-17-8-7-16-4/h9-11,13H,5-8H2,1-4H3. The minimum absolute atomic E-state index is 0.0821. The van der Waals surface area contributed by atoms with E-state index in [4.69, 9.17) is 9.47 Å². The number of nitrogens with one attached hydrogen (secondary N) is 1. The van der Waals surface area contributed by atoms with Crippen LogP contribution in [-0.4, -0.2) is 56.5 Å². The summed E-state index contributed by atoms with van der Waals surface area (Å²) in [6, 6.07) is -0.0821. The van der Waals surface area contributed by atoms with Gasteiger partial charge in [-0.15, -0.1) is 0 Å². The Morgan fingerprint density at radius 1 is 1.35 bits per heavy atom. The van der Waals surface area contributed by atoms with Crippen LogP contribution in [0, 0.1) is 5.92 Å². The summed E-state index contributed by atoms with van der Waals surface area (Å²) >= 11 is 0. The molecule has 0 bridgehead atoms. The van der Waals surface area contributed by atoms with Crippen molar-refractivity contribution < 1.29 is 14.3 Å². The molecule has 0 radical (unpaired) electrons. The van der Waals surface area contributed by atoms with Crippen LogP contribution < -0.4 is 5.32 Å². The lowest BCUT2D eigenvalue weighted by Gasteiger charge is -2.27. The quantitative estimate of drug-likeness (QED) is 0.661. The third-order valence-electron chi connectivity index (χ3n) is 2.95. The first-order valence-electron chi connectivity index (χ1n) is 6.21. The van der Waals surface area contributed by atoms with E-state index in [1.165, 1.54) is 0 Å². The molecular weight excluding hydrogens is 220 g/mol. The summed E-state index contributed by atoms with van der Waals surface area (Å²) in [7, 11) is 1.65. The van der Waals surface area contributed by atoms with E-state index in [-0.39, 0.29) is 18.1 Å². The minimum Gasteiger partial charge on any atom is -0.382 e. The van der Waals surface area contributed by atoms with Gasteiger partial charge in [0, 0.05) is 13.7 Å². The van der Waals surface area contributed by atoms with E-state index < -0.39 is 0 Å². The average Bonchev–Trinajstić information content (AvgIpc) is 2.57. The fourth-order valence-corrected chi connectivity index (χ4v) is 2.01. The zero-order chi connectivity index (χ0) is 12.8. The first kappa shape index (κ1) is 14.4. The van der Waals surface area contributed by atoms with E-state index in [2.05, 4.69) is 19.2 Å². The van der Waals surface area contributed by atoms with Crippen molar-refractivity contribution in [2.45, 2.75) is 33.0 Å². The van der Waals surface area contributed by atoms with Gasteiger partial charge in [-0.25, -0.2) is 0 Å². The lowest BCUT2D eigenvalue weighted by molar-refractivity contribution is -0.131. The summed E-state index contributed by atoms with van der Waals surface area (Å²) in [6.45, 7) is 8.51. The normalized spacial score (nSPS) is 25.0. The van der Waals surface area contributed by atoms with Crippen LogP contribution in [0.15, 0.2) is 0 Å². The highest BCUT2D eigenvalue weighted by atomic mass is 16.5. The van der Waals surface area contributed by atoms with Gasteiger partial charge >= 0.3 is 0 Å². The Morgan fingerprint density at radius 3 is 2.65 bits per heavy atom. The van der Waals surface area contributed by atoms with Gasteiger partial charge in [0.1, 0.15) is 0 Å². The predicted molar refractivity (Wildman–Crippen MR) is 65.6 cm³/mol. The van der Waals surface area contributed by atoms with Gasteiger partial charge in [0.05, 0.1) is 32.0 Å². The van der Waals surface area contributed by atoms with E-state index in [1.54, 1.807) is 7.11 Å². The van der Waals surface area contributed by atoms with E-state index in [1.807, 2.05) is 11.8 Å². The topological polar surface area (TPSA) is 50.8 Å². The van der Waals surface area contributed by atoms with E-state index in [0.29, 0.717) is 32.3 Å². The SMILES string of the molecule is COCCOCCN1C(=O)C(C)NC1C(C)C. The Bertz CT molecular complexity index is 246. The zero-order valence-corrected chi connectivity index (χ0v) is 11.2. The van der Waals surface area contributed by atoms with Crippen LogP contribution in [-0.2, 0) is 14.3 Å². The van der Waals surface area contributed by atoms with Crippen LogP contribution in [0.25, 0.3) is 0 Å². The number of amides is 1. The molecule has 2 atom stereocenters. The molecule has 0 spiro atoms. The summed E-state index contributed by atoms with van der Waals surface area (Å²) < 4.78 is 10.3. The smallest absolute Gasteiger partial charge is 0.240 e. The second-order valence-electron chi connectivity index (χ2n) is 4.71. The maximum Gasteiger partial charge on any atom is 0.240 e. The number of carbonyl (C=O) groups is 1. The van der Waals surface area contributed by atoms with Crippen LogP contribution in [0.2, 0.25) is 0 Å². The maximum atomic E-state index is 11.9. The number of methoxy groups -OCH3 is 1. The molecule has 0 aromatic rings. The first-order valence-corrected chi connectivity index (χ1v) is 6.21. The molecule has 0 aromatic carbocycles. The first-order chi connectivity index (χ1) is 8.07. The van der Waals surface area contributed by atoms with E-state index in [9.17, 15) is 4.79 Å². The largest absolute Gasteiger partial charge is 0.382 e. The summed E-state index contributed by atoms with van der Waals surface area (Å²) in [5, 5.41) is 3.30. The summed E-state index contributed by atoms with van der Waals surface area (Å²) in [4.78, 5) is 13.8. The predicted octanol–water partition coefficient (Wildman–Crippen LogP) is 0.452. The molecule has 0 aliphatic carbocycles. The van der Waals surface area contributed by atoms with Crippen molar-refractivity contribution in [1.29, 1.82) is 0 Å². The summed E-state index contributed by atoms with van der Waals surface area (Å²) in [5.74, 6) is 0.571. The molecule has 1 aliphatic rings. The molecule has 2 unspecified atom stereocenters. The number of hydrogen-bond donors (Lipinski definition) is 1. The van der Waals surface area contributed by atoms with Crippen molar-refractivity contribution in [2.24, 2.45) is 5.92 Å². The minimum atomic E-state index is -0.0821. The van der Waals surface area contributed by atoms with Crippen LogP contribution in [0.5, 0.6) is 0 Å². The van der Waals surface area contributed by atoms with Crippen molar-refractivity contribution in [1.82, 2.24) is 10.2 Å². The van der Waals surface area contributed by atoms with Gasteiger partial charge in [-0.2, -0.15) is 0 Å². The molecule has 1 fully saturated rings. The molecule has 5 heteroatoms. The lowest BCUT2D eigenvalue weighted by atomic mass is 10.1. The van der Waals surface area contributed by atoms with Crippen molar-refractivity contribution in [3.8, 4) is 0 Å². The van der Waals surface area contributed by atoms with Crippen LogP contribution in [0.4, 0.5) is 0 Å². The molecule has 1 N–H and O–H groups in total. The highest BCUT2D eigenvalue weighted by molar-refractivity contribution is 5.83. The third kappa shape index (κ3) is 3.94. The van der Waals surface area contributed by atoms with Gasteiger partial charge in [0.25, 0.3) is 0 Å². The Hall–Kier alpha value is -0.650. The van der Waals surface area contributed by atoms with Crippen LogP contribution >= 0.6 is 0 Å². The van der Waals surface area contributed by atoms with Crippen molar-refractivity contribution in [2.75, 3.05) is 33.5 Å². The van der Waals surface area contributed by atoms with Gasteiger partial charge in [-0.1, -0.05) is 13.8 Å². The van der Waals surface area contributed by atoms with Gasteiger partial charge in [0.2, 0.25) is 5.91 Å². The van der Waals surface area contributed by atoms with Crippen LogP contribution in [0.1, 0.15) is 20.8 Å². The fourth-order valence-electron chi connectivity index (χ4n) is 2.01. The average molecular weight is 244 g/mol. The molecule has 1 saturated heterocycles. The van der Waals surface area contributed by atoms with E-state index >= 15 is 0 Å². The number of nitrogens with zero attached hydrogens (tertiary/aromatic N) is 1. The number of hydrogen-bond acceptors (Lipinski definition) is 4. The van der Waals surface area contributed by atoms with Gasteiger partial charge in [-0.3, -0.25) is 10.1 Å². The third-order valence-corrected chi connectivity index (χ3v) is 2.95. The maximum absolute atomic E-state index is 11.9. The van der Waals surface area contributed by atoms with E-state index in [0.717, 1.165) is 0 Å². The number of rotatable bonds is 7. The molecule has 1 aliphatic heterocycles.